The van der Waals surface area contributed by atoms with Gasteiger partial charge in [0.2, 0.25) is 5.91 Å². The number of ether oxygens (including phenoxy) is 1. The van der Waals surface area contributed by atoms with Crippen LogP contribution in [0.5, 0.6) is 0 Å². The summed E-state index contributed by atoms with van der Waals surface area (Å²) in [6.07, 6.45) is 0.123. The number of carbonyl (C=O) groups excluding carboxylic acids is 3. The second kappa shape index (κ2) is 7.22. The summed E-state index contributed by atoms with van der Waals surface area (Å²) in [4.78, 5) is 32.7. The van der Waals surface area contributed by atoms with Crippen LogP contribution in [-0.4, -0.2) is 30.4 Å². The Hall–Kier alpha value is -2.10. The number of primary amides is 1. The number of nitrogens with one attached hydrogen (secondary N) is 1. The molecule has 0 saturated heterocycles. The number of nitrogens with zero attached hydrogens (tertiary/aromatic N) is 1. The van der Waals surface area contributed by atoms with E-state index in [1.165, 1.54) is 0 Å². The largest absolute Gasteiger partial charge is 0.456 e. The van der Waals surface area contributed by atoms with Crippen LogP contribution < -0.4 is 11.1 Å². The van der Waals surface area contributed by atoms with Crippen LogP contribution in [0.25, 0.3) is 0 Å². The smallest absolute Gasteiger partial charge is 0.303 e. The Morgan fingerprint density at radius 1 is 1.47 bits per heavy atom. The van der Waals surface area contributed by atoms with Gasteiger partial charge in [0.05, 0.1) is 6.07 Å². The van der Waals surface area contributed by atoms with Crippen LogP contribution >= 0.6 is 0 Å². The van der Waals surface area contributed by atoms with Gasteiger partial charge in [-0.05, 0) is 13.3 Å². The van der Waals surface area contributed by atoms with Crippen LogP contribution in [0.15, 0.2) is 0 Å². The molecule has 0 heterocycles. The van der Waals surface area contributed by atoms with Gasteiger partial charge in [0, 0.05) is 12.8 Å². The summed E-state index contributed by atoms with van der Waals surface area (Å²) in [5, 5.41) is 10.9. The standard InChI is InChI=1S/C10H15N3O4/c1-6(4-11)3-8(10(12)16)13-9(15)5-17-7(2)14/h6,8H,3,5H2,1-2H3,(H2,12,16)(H,13,15)/t6-,8+/m0/s1. The number of amides is 2. The van der Waals surface area contributed by atoms with Crippen LogP contribution in [-0.2, 0) is 19.1 Å². The molecule has 0 unspecified atom stereocenters. The average Bonchev–Trinajstić information content (AvgIpc) is 2.25. The van der Waals surface area contributed by atoms with Crippen molar-refractivity contribution in [2.45, 2.75) is 26.3 Å². The predicted octanol–water partition coefficient (Wildman–Crippen LogP) is -0.931. The lowest BCUT2D eigenvalue weighted by Crippen LogP contribution is -2.46. The fourth-order valence-electron chi connectivity index (χ4n) is 1.06. The third kappa shape index (κ3) is 6.89. The third-order valence-electron chi connectivity index (χ3n) is 1.89. The summed E-state index contributed by atoms with van der Waals surface area (Å²) < 4.78 is 4.45. The number of hydrogen-bond donors (Lipinski definition) is 2. The molecule has 3 N–H and O–H groups in total. The molecule has 94 valence electrons. The number of rotatable bonds is 6. The van der Waals surface area contributed by atoms with Gasteiger partial charge in [-0.3, -0.25) is 14.4 Å². The normalized spacial score (nSPS) is 13.0. The van der Waals surface area contributed by atoms with Crippen molar-refractivity contribution in [2.75, 3.05) is 6.61 Å². The minimum absolute atomic E-state index is 0.123. The molecule has 0 saturated carbocycles. The monoisotopic (exact) mass is 241 g/mol. The first-order valence-corrected chi connectivity index (χ1v) is 4.98. The van der Waals surface area contributed by atoms with E-state index in [-0.39, 0.29) is 6.42 Å². The van der Waals surface area contributed by atoms with E-state index < -0.39 is 36.4 Å². The van der Waals surface area contributed by atoms with Crippen molar-refractivity contribution in [3.8, 4) is 6.07 Å². The summed E-state index contributed by atoms with van der Waals surface area (Å²) in [5.41, 5.74) is 5.07. The average molecular weight is 241 g/mol. The maximum Gasteiger partial charge on any atom is 0.303 e. The van der Waals surface area contributed by atoms with Gasteiger partial charge in [0.15, 0.2) is 6.61 Å². The first-order chi connectivity index (χ1) is 7.86. The molecule has 0 aromatic carbocycles. The number of carbonyl (C=O) groups is 3. The maximum absolute atomic E-state index is 11.3. The molecule has 0 aromatic rings. The summed E-state index contributed by atoms with van der Waals surface area (Å²) in [6.45, 7) is 2.30. The van der Waals surface area contributed by atoms with Crippen molar-refractivity contribution >= 4 is 17.8 Å². The molecule has 0 aliphatic rings. The molecule has 7 heteroatoms. The topological polar surface area (TPSA) is 122 Å². The summed E-state index contributed by atoms with van der Waals surface area (Å²) in [7, 11) is 0. The molecule has 7 nitrogen and oxygen atoms in total. The van der Waals surface area contributed by atoms with E-state index in [0.717, 1.165) is 6.92 Å². The van der Waals surface area contributed by atoms with Gasteiger partial charge >= 0.3 is 5.97 Å². The Morgan fingerprint density at radius 2 is 2.06 bits per heavy atom. The zero-order chi connectivity index (χ0) is 13.4. The number of hydrogen-bond acceptors (Lipinski definition) is 5. The molecule has 17 heavy (non-hydrogen) atoms. The van der Waals surface area contributed by atoms with Gasteiger partial charge in [0.1, 0.15) is 6.04 Å². The highest BCUT2D eigenvalue weighted by molar-refractivity contribution is 5.87. The van der Waals surface area contributed by atoms with Crippen LogP contribution in [0.4, 0.5) is 0 Å². The zero-order valence-electron chi connectivity index (χ0n) is 9.73. The molecular formula is C10H15N3O4. The first-order valence-electron chi connectivity index (χ1n) is 4.98. The van der Waals surface area contributed by atoms with Crippen LogP contribution in [0.3, 0.4) is 0 Å². The molecule has 2 amide bonds. The predicted molar refractivity (Wildman–Crippen MR) is 57.2 cm³/mol. The van der Waals surface area contributed by atoms with Gasteiger partial charge in [-0.2, -0.15) is 5.26 Å². The van der Waals surface area contributed by atoms with Crippen molar-refractivity contribution in [1.29, 1.82) is 5.26 Å². The Morgan fingerprint density at radius 3 is 2.47 bits per heavy atom. The van der Waals surface area contributed by atoms with E-state index in [0.29, 0.717) is 0 Å². The summed E-state index contributed by atoms with van der Waals surface area (Å²) in [6, 6.07) is 0.992. The molecule has 0 rings (SSSR count). The van der Waals surface area contributed by atoms with Crippen LogP contribution in [0, 0.1) is 17.2 Å². The van der Waals surface area contributed by atoms with Crippen LogP contribution in [0.2, 0.25) is 0 Å². The molecule has 0 radical (unpaired) electrons. The lowest BCUT2D eigenvalue weighted by Gasteiger charge is -2.16. The highest BCUT2D eigenvalue weighted by atomic mass is 16.5. The SMILES string of the molecule is CC(=O)OCC(=O)N[C@H](C[C@H](C)C#N)C(N)=O. The molecule has 0 aliphatic carbocycles. The quantitative estimate of drug-likeness (QED) is 0.581. The van der Waals surface area contributed by atoms with Gasteiger partial charge in [-0.15, -0.1) is 0 Å². The molecule has 0 fully saturated rings. The third-order valence-corrected chi connectivity index (χ3v) is 1.89. The highest BCUT2D eigenvalue weighted by Gasteiger charge is 2.20. The van der Waals surface area contributed by atoms with Crippen molar-refractivity contribution in [3.05, 3.63) is 0 Å². The van der Waals surface area contributed by atoms with Crippen molar-refractivity contribution < 1.29 is 19.1 Å². The minimum atomic E-state index is -0.937. The lowest BCUT2D eigenvalue weighted by atomic mass is 10.0. The van der Waals surface area contributed by atoms with Crippen molar-refractivity contribution in [1.82, 2.24) is 5.32 Å². The van der Waals surface area contributed by atoms with Gasteiger partial charge in [-0.1, -0.05) is 0 Å². The minimum Gasteiger partial charge on any atom is -0.456 e. The second-order valence-corrected chi connectivity index (χ2v) is 3.57. The lowest BCUT2D eigenvalue weighted by molar-refractivity contribution is -0.146. The Bertz CT molecular complexity index is 348. The molecule has 0 bridgehead atoms. The first kappa shape index (κ1) is 14.9. The van der Waals surface area contributed by atoms with E-state index in [4.69, 9.17) is 11.0 Å². The Kier molecular flexibility index (Phi) is 6.33. The summed E-state index contributed by atoms with van der Waals surface area (Å²) in [5.74, 6) is -2.37. The van der Waals surface area contributed by atoms with Crippen molar-refractivity contribution in [3.63, 3.8) is 0 Å². The van der Waals surface area contributed by atoms with Gasteiger partial charge < -0.3 is 15.8 Å². The second-order valence-electron chi connectivity index (χ2n) is 3.57. The Balaban J connectivity index is 4.26. The van der Waals surface area contributed by atoms with E-state index in [1.54, 1.807) is 6.92 Å². The number of nitrogens with two attached hydrogens (primary N) is 1. The zero-order valence-corrected chi connectivity index (χ0v) is 9.73. The van der Waals surface area contributed by atoms with E-state index >= 15 is 0 Å². The molecule has 0 aromatic heterocycles. The summed E-state index contributed by atoms with van der Waals surface area (Å²) >= 11 is 0. The fourth-order valence-corrected chi connectivity index (χ4v) is 1.06. The van der Waals surface area contributed by atoms with Crippen molar-refractivity contribution in [2.24, 2.45) is 11.7 Å². The number of esters is 1. The Labute approximate surface area is 98.9 Å². The molecular weight excluding hydrogens is 226 g/mol. The highest BCUT2D eigenvalue weighted by Crippen LogP contribution is 2.04. The van der Waals surface area contributed by atoms with E-state index in [2.05, 4.69) is 10.1 Å². The molecule has 0 aliphatic heterocycles. The van der Waals surface area contributed by atoms with Crippen LogP contribution in [0.1, 0.15) is 20.3 Å². The van der Waals surface area contributed by atoms with Gasteiger partial charge in [0.25, 0.3) is 5.91 Å². The number of nitriles is 1. The van der Waals surface area contributed by atoms with E-state index in [9.17, 15) is 14.4 Å². The van der Waals surface area contributed by atoms with Gasteiger partial charge in [-0.25, -0.2) is 0 Å². The fraction of sp³-hybridized carbons (Fsp3) is 0.600. The van der Waals surface area contributed by atoms with E-state index in [1.807, 2.05) is 6.07 Å². The maximum atomic E-state index is 11.3. The molecule has 2 atom stereocenters. The molecule has 0 spiro atoms.